The second-order valence-electron chi connectivity index (χ2n) is 3.54. The molecular formula is C10H10N6S. The zero-order valence-electron chi connectivity index (χ0n) is 9.38. The Kier molecular flexibility index (Phi) is 2.25. The first-order chi connectivity index (χ1) is 8.31. The summed E-state index contributed by atoms with van der Waals surface area (Å²) in [5, 5.41) is 12.3. The lowest BCUT2D eigenvalue weighted by Crippen LogP contribution is -1.94. The number of aryl methyl sites for hydroxylation is 1. The van der Waals surface area contributed by atoms with E-state index in [0.717, 1.165) is 22.1 Å². The van der Waals surface area contributed by atoms with E-state index in [4.69, 9.17) is 0 Å². The molecule has 3 rings (SSSR count). The number of nitrogens with zero attached hydrogens (tertiary/aromatic N) is 5. The molecule has 0 fully saturated rings. The van der Waals surface area contributed by atoms with Gasteiger partial charge in [0, 0.05) is 19.4 Å². The monoisotopic (exact) mass is 246 g/mol. The first-order valence-electron chi connectivity index (χ1n) is 5.11. The van der Waals surface area contributed by atoms with Crippen LogP contribution in [0.15, 0.2) is 18.5 Å². The molecule has 17 heavy (non-hydrogen) atoms. The number of aromatic nitrogens is 5. The Balaban J connectivity index is 2.30. The third-order valence-electron chi connectivity index (χ3n) is 2.50. The van der Waals surface area contributed by atoms with Crippen molar-refractivity contribution in [3.63, 3.8) is 0 Å². The molecule has 0 spiro atoms. The van der Waals surface area contributed by atoms with Crippen molar-refractivity contribution in [2.45, 2.75) is 6.92 Å². The van der Waals surface area contributed by atoms with Gasteiger partial charge in [-0.05, 0) is 24.5 Å². The number of fused-ring (bicyclic) bond motifs is 1. The van der Waals surface area contributed by atoms with E-state index in [1.165, 1.54) is 11.5 Å². The average Bonchev–Trinajstić information content (AvgIpc) is 2.92. The molecule has 0 saturated carbocycles. The van der Waals surface area contributed by atoms with Gasteiger partial charge in [-0.1, -0.05) is 0 Å². The van der Waals surface area contributed by atoms with Crippen LogP contribution in [0, 0.1) is 6.92 Å². The highest BCUT2D eigenvalue weighted by Crippen LogP contribution is 2.32. The molecule has 0 radical (unpaired) electrons. The van der Waals surface area contributed by atoms with Crippen molar-refractivity contribution in [3.8, 4) is 11.4 Å². The summed E-state index contributed by atoms with van der Waals surface area (Å²) >= 11 is 1.42. The van der Waals surface area contributed by atoms with Gasteiger partial charge in [-0.25, -0.2) is 4.98 Å². The highest BCUT2D eigenvalue weighted by molar-refractivity contribution is 7.10. The van der Waals surface area contributed by atoms with Gasteiger partial charge in [-0.2, -0.15) is 4.37 Å². The highest BCUT2D eigenvalue weighted by atomic mass is 32.1. The van der Waals surface area contributed by atoms with E-state index in [0.29, 0.717) is 5.78 Å². The van der Waals surface area contributed by atoms with E-state index in [1.54, 1.807) is 6.20 Å². The zero-order chi connectivity index (χ0) is 11.8. The zero-order valence-corrected chi connectivity index (χ0v) is 10.2. The Labute approximate surface area is 102 Å². The number of nitrogens with one attached hydrogen (secondary N) is 1. The molecule has 1 N–H and O–H groups in total. The summed E-state index contributed by atoms with van der Waals surface area (Å²) in [6, 6.07) is 1.86. The molecule has 0 unspecified atom stereocenters. The molecule has 3 heterocycles. The normalized spacial score (nSPS) is 10.9. The third kappa shape index (κ3) is 1.47. The van der Waals surface area contributed by atoms with Crippen LogP contribution >= 0.6 is 11.5 Å². The maximum absolute atomic E-state index is 4.33. The second kappa shape index (κ2) is 3.77. The lowest BCUT2D eigenvalue weighted by atomic mass is 10.2. The van der Waals surface area contributed by atoms with Crippen molar-refractivity contribution in [2.75, 3.05) is 12.4 Å². The molecular weight excluding hydrogens is 236 g/mol. The number of rotatable bonds is 2. The molecule has 0 amide bonds. The molecule has 3 aromatic rings. The van der Waals surface area contributed by atoms with E-state index in [-0.39, 0.29) is 0 Å². The van der Waals surface area contributed by atoms with Crippen LogP contribution in [0.1, 0.15) is 5.69 Å². The van der Waals surface area contributed by atoms with Gasteiger partial charge in [0.25, 0.3) is 5.78 Å². The predicted molar refractivity (Wildman–Crippen MR) is 66.2 cm³/mol. The van der Waals surface area contributed by atoms with Gasteiger partial charge in [-0.3, -0.25) is 4.40 Å². The van der Waals surface area contributed by atoms with Crippen LogP contribution in [0.25, 0.3) is 17.2 Å². The van der Waals surface area contributed by atoms with E-state index in [2.05, 4.69) is 24.9 Å². The van der Waals surface area contributed by atoms with E-state index in [1.807, 2.05) is 30.6 Å². The summed E-state index contributed by atoms with van der Waals surface area (Å²) in [5.74, 6) is 1.36. The van der Waals surface area contributed by atoms with Crippen LogP contribution < -0.4 is 5.32 Å². The summed E-state index contributed by atoms with van der Waals surface area (Å²) in [5.41, 5.74) is 1.93. The predicted octanol–water partition coefficient (Wildman–Crippen LogP) is 1.60. The van der Waals surface area contributed by atoms with Gasteiger partial charge in [0.2, 0.25) is 0 Å². The van der Waals surface area contributed by atoms with Crippen LogP contribution in [-0.4, -0.2) is 31.0 Å². The summed E-state index contributed by atoms with van der Waals surface area (Å²) in [6.45, 7) is 1.96. The fourth-order valence-corrected chi connectivity index (χ4v) is 2.46. The molecule has 3 aromatic heterocycles. The molecule has 7 heteroatoms. The lowest BCUT2D eigenvalue weighted by Gasteiger charge is -2.01. The summed E-state index contributed by atoms with van der Waals surface area (Å²) in [7, 11) is 1.87. The van der Waals surface area contributed by atoms with E-state index in [9.17, 15) is 0 Å². The van der Waals surface area contributed by atoms with Gasteiger partial charge in [0.05, 0.1) is 11.3 Å². The minimum atomic E-state index is 0.593. The number of hydrogen-bond acceptors (Lipinski definition) is 6. The molecule has 0 bridgehead atoms. The molecule has 0 aliphatic carbocycles. The second-order valence-corrected chi connectivity index (χ2v) is 4.31. The van der Waals surface area contributed by atoms with Crippen molar-refractivity contribution < 1.29 is 0 Å². The van der Waals surface area contributed by atoms with Gasteiger partial charge in [0.1, 0.15) is 5.00 Å². The Morgan fingerprint density at radius 3 is 3.06 bits per heavy atom. The Hall–Kier alpha value is -2.02. The van der Waals surface area contributed by atoms with Crippen molar-refractivity contribution in [1.29, 1.82) is 0 Å². The van der Waals surface area contributed by atoms with Crippen LogP contribution in [0.5, 0.6) is 0 Å². The van der Waals surface area contributed by atoms with Crippen LogP contribution in [0.4, 0.5) is 5.00 Å². The fraction of sp³-hybridized carbons (Fsp3) is 0.200. The quantitative estimate of drug-likeness (QED) is 0.743. The maximum atomic E-state index is 4.33. The highest BCUT2D eigenvalue weighted by Gasteiger charge is 2.17. The van der Waals surface area contributed by atoms with Crippen molar-refractivity contribution in [3.05, 3.63) is 24.2 Å². The van der Waals surface area contributed by atoms with E-state index >= 15 is 0 Å². The first-order valence-corrected chi connectivity index (χ1v) is 5.88. The van der Waals surface area contributed by atoms with Gasteiger partial charge >= 0.3 is 0 Å². The van der Waals surface area contributed by atoms with Crippen molar-refractivity contribution in [2.24, 2.45) is 0 Å². The molecule has 0 atom stereocenters. The molecule has 0 aliphatic heterocycles. The smallest absolute Gasteiger partial charge is 0.255 e. The number of hydrogen-bond donors (Lipinski definition) is 1. The third-order valence-corrected chi connectivity index (χ3v) is 3.46. The van der Waals surface area contributed by atoms with Crippen LogP contribution in [0.3, 0.4) is 0 Å². The van der Waals surface area contributed by atoms with Crippen LogP contribution in [-0.2, 0) is 0 Å². The van der Waals surface area contributed by atoms with Crippen molar-refractivity contribution >= 4 is 22.3 Å². The fourth-order valence-electron chi connectivity index (χ4n) is 1.72. The molecule has 0 aliphatic rings. The Bertz CT molecular complexity index is 670. The van der Waals surface area contributed by atoms with E-state index < -0.39 is 0 Å². The summed E-state index contributed by atoms with van der Waals surface area (Å²) in [4.78, 5) is 4.15. The minimum absolute atomic E-state index is 0.593. The van der Waals surface area contributed by atoms with Gasteiger partial charge < -0.3 is 5.32 Å². The summed E-state index contributed by atoms with van der Waals surface area (Å²) in [6.07, 6.45) is 3.60. The van der Waals surface area contributed by atoms with Gasteiger partial charge in [0.15, 0.2) is 5.82 Å². The van der Waals surface area contributed by atoms with Gasteiger partial charge in [-0.15, -0.1) is 10.2 Å². The summed E-state index contributed by atoms with van der Waals surface area (Å²) < 4.78 is 6.19. The molecule has 6 nitrogen and oxygen atoms in total. The molecule has 0 aromatic carbocycles. The maximum Gasteiger partial charge on any atom is 0.255 e. The Morgan fingerprint density at radius 1 is 1.35 bits per heavy atom. The lowest BCUT2D eigenvalue weighted by molar-refractivity contribution is 1.10. The largest absolute Gasteiger partial charge is 0.378 e. The minimum Gasteiger partial charge on any atom is -0.378 e. The number of anilines is 1. The van der Waals surface area contributed by atoms with Crippen LogP contribution in [0.2, 0.25) is 0 Å². The Morgan fingerprint density at radius 2 is 2.24 bits per heavy atom. The van der Waals surface area contributed by atoms with Crippen molar-refractivity contribution in [1.82, 2.24) is 24.0 Å². The molecule has 0 saturated heterocycles. The topological polar surface area (TPSA) is 68.0 Å². The SMILES string of the molecule is CNc1snc(C)c1-c1nnc2ncccn12. The molecule has 86 valence electrons. The standard InChI is InChI=1S/C10H10N6S/c1-6-7(9(11-2)17-15-6)8-13-14-10-12-4-3-5-16(8)10/h3-5,11H,1-2H3. The first kappa shape index (κ1) is 10.2. The average molecular weight is 246 g/mol.